The highest BCUT2D eigenvalue weighted by molar-refractivity contribution is 7.89. The zero-order valence-electron chi connectivity index (χ0n) is 30.9. The summed E-state index contributed by atoms with van der Waals surface area (Å²) in [7, 11) is -4.08. The minimum absolute atomic E-state index is 0.0117. The summed E-state index contributed by atoms with van der Waals surface area (Å²) in [6.45, 7) is 10.0. The zero-order valence-corrected chi connectivity index (χ0v) is 31.7. The van der Waals surface area contributed by atoms with Gasteiger partial charge < -0.3 is 30.6 Å². The van der Waals surface area contributed by atoms with Gasteiger partial charge in [0.15, 0.2) is 0 Å². The van der Waals surface area contributed by atoms with E-state index < -0.39 is 34.1 Å². The smallest absolute Gasteiger partial charge is 0.321 e. The van der Waals surface area contributed by atoms with Crippen molar-refractivity contribution in [1.82, 2.24) is 24.4 Å². The third kappa shape index (κ3) is 10.6. The number of benzene rings is 2. The third-order valence-corrected chi connectivity index (χ3v) is 11.3. The maximum atomic E-state index is 14.3. The maximum Gasteiger partial charge on any atom is 0.321 e. The van der Waals surface area contributed by atoms with Crippen LogP contribution >= 0.6 is 0 Å². The van der Waals surface area contributed by atoms with Gasteiger partial charge in [0.2, 0.25) is 15.9 Å². The molecular formula is C38H51N7O7S. The van der Waals surface area contributed by atoms with Crippen LogP contribution in [0, 0.1) is 11.8 Å². The zero-order chi connectivity index (χ0) is 38.7. The van der Waals surface area contributed by atoms with Crippen molar-refractivity contribution in [3.8, 4) is 0 Å². The number of aliphatic hydroxyl groups is 1. The van der Waals surface area contributed by atoms with E-state index in [9.17, 15) is 28.3 Å². The Kier molecular flexibility index (Phi) is 14.5. The standard InChI is InChI=1S/C38H51N7O7S/c1-6-27(4)36(45-19-18-43(38(45)48)24-31-16-17-39-33(21-31)28(5)42-50)37(47)41-34(20-29-10-8-7-9-11-29)35(46)25-44(23-26(2)3)53(51,52)32-14-12-30(13-15-32)22-40-49/h7-17,21-22,26-27,34-36,46,49-50H,6,18-20,23-25H2,1-5H3,(H,41,47)/b40-22+,42-28+/t27-,34-,35+,36-/m0/s1. The minimum atomic E-state index is -4.08. The number of hydrogen-bond acceptors (Lipinski definition) is 10. The van der Waals surface area contributed by atoms with Crippen molar-refractivity contribution < 1.29 is 33.5 Å². The number of urea groups is 1. The number of pyridine rings is 1. The SMILES string of the molecule is CC[C@H](C)[C@@H](C(=O)N[C@@H](Cc1ccccc1)[C@H](O)CN(CC(C)C)S(=O)(=O)c1ccc(/C=N/O)cc1)N1CCN(Cc2ccnc(/C(C)=N/O)c2)C1=O. The highest BCUT2D eigenvalue weighted by atomic mass is 32.2. The highest BCUT2D eigenvalue weighted by Crippen LogP contribution is 2.24. The molecule has 15 heteroatoms. The number of aliphatic hydroxyl groups excluding tert-OH is 1. The van der Waals surface area contributed by atoms with Crippen LogP contribution in [0.4, 0.5) is 4.79 Å². The Labute approximate surface area is 311 Å². The summed E-state index contributed by atoms with van der Waals surface area (Å²) >= 11 is 0. The predicted octanol–water partition coefficient (Wildman–Crippen LogP) is 4.18. The van der Waals surface area contributed by atoms with Crippen molar-refractivity contribution >= 4 is 33.9 Å². The average Bonchev–Trinajstić information content (AvgIpc) is 3.49. The van der Waals surface area contributed by atoms with Gasteiger partial charge in [0, 0.05) is 38.9 Å². The molecule has 0 radical (unpaired) electrons. The number of rotatable bonds is 18. The fourth-order valence-corrected chi connectivity index (χ4v) is 7.98. The summed E-state index contributed by atoms with van der Waals surface area (Å²) in [6, 6.07) is 16.7. The highest BCUT2D eigenvalue weighted by Gasteiger charge is 2.41. The van der Waals surface area contributed by atoms with E-state index in [-0.39, 0.29) is 48.8 Å². The van der Waals surface area contributed by atoms with Gasteiger partial charge in [-0.25, -0.2) is 13.2 Å². The van der Waals surface area contributed by atoms with E-state index in [0.717, 1.165) is 11.1 Å². The first-order valence-electron chi connectivity index (χ1n) is 17.8. The van der Waals surface area contributed by atoms with Crippen LogP contribution in [0.3, 0.4) is 0 Å². The van der Waals surface area contributed by atoms with Crippen LogP contribution < -0.4 is 5.32 Å². The lowest BCUT2D eigenvalue weighted by molar-refractivity contribution is -0.128. The third-order valence-electron chi connectivity index (χ3n) is 9.41. The first kappa shape index (κ1) is 40.9. The molecule has 4 atom stereocenters. The van der Waals surface area contributed by atoms with Gasteiger partial charge >= 0.3 is 6.03 Å². The molecule has 0 spiro atoms. The quantitative estimate of drug-likeness (QED) is 0.0847. The lowest BCUT2D eigenvalue weighted by Gasteiger charge is -2.35. The Bertz CT molecular complexity index is 1840. The van der Waals surface area contributed by atoms with Crippen LogP contribution in [0.25, 0.3) is 0 Å². The fraction of sp³-hybridized carbons (Fsp3) is 0.447. The first-order chi connectivity index (χ1) is 25.3. The van der Waals surface area contributed by atoms with Crippen LogP contribution in [0.2, 0.25) is 0 Å². The second kappa shape index (κ2) is 18.8. The van der Waals surface area contributed by atoms with E-state index in [1.165, 1.54) is 34.8 Å². The molecule has 0 unspecified atom stereocenters. The fourth-order valence-electron chi connectivity index (χ4n) is 6.35. The average molecular weight is 750 g/mol. The van der Waals surface area contributed by atoms with E-state index in [1.54, 1.807) is 35.1 Å². The molecule has 14 nitrogen and oxygen atoms in total. The van der Waals surface area contributed by atoms with E-state index in [2.05, 4.69) is 20.6 Å². The van der Waals surface area contributed by atoms with Gasteiger partial charge in [0.1, 0.15) is 11.8 Å². The number of nitrogens with zero attached hydrogens (tertiary/aromatic N) is 6. The van der Waals surface area contributed by atoms with Gasteiger partial charge in [-0.15, -0.1) is 0 Å². The summed E-state index contributed by atoms with van der Waals surface area (Å²) in [6.07, 6.45) is 2.28. The van der Waals surface area contributed by atoms with Crippen molar-refractivity contribution in [2.45, 2.75) is 77.1 Å². The van der Waals surface area contributed by atoms with Gasteiger partial charge in [0.25, 0.3) is 0 Å². The van der Waals surface area contributed by atoms with Crippen LogP contribution in [-0.2, 0) is 27.8 Å². The molecule has 3 aromatic rings. The second-order valence-corrected chi connectivity index (χ2v) is 15.8. The Balaban J connectivity index is 1.59. The molecule has 1 aliphatic rings. The summed E-state index contributed by atoms with van der Waals surface area (Å²) < 4.78 is 29.1. The Hall–Kier alpha value is -4.86. The topological polar surface area (TPSA) is 188 Å². The molecule has 53 heavy (non-hydrogen) atoms. The Morgan fingerprint density at radius 1 is 1.02 bits per heavy atom. The van der Waals surface area contributed by atoms with E-state index >= 15 is 0 Å². The molecule has 1 aromatic heterocycles. The van der Waals surface area contributed by atoms with Crippen LogP contribution in [0.1, 0.15) is 63.4 Å². The van der Waals surface area contributed by atoms with Gasteiger partial charge in [0.05, 0.1) is 28.9 Å². The lowest BCUT2D eigenvalue weighted by Crippen LogP contribution is -2.57. The maximum absolute atomic E-state index is 14.3. The minimum Gasteiger partial charge on any atom is -0.411 e. The van der Waals surface area contributed by atoms with Gasteiger partial charge in [-0.3, -0.25) is 9.78 Å². The number of hydrogen-bond donors (Lipinski definition) is 4. The number of carbonyl (C=O) groups excluding carboxylic acids is 2. The van der Waals surface area contributed by atoms with Crippen LogP contribution in [0.5, 0.6) is 0 Å². The molecule has 3 amide bonds. The predicted molar refractivity (Wildman–Crippen MR) is 201 cm³/mol. The van der Waals surface area contributed by atoms with Gasteiger partial charge in [-0.05, 0) is 66.1 Å². The van der Waals surface area contributed by atoms with Crippen molar-refractivity contribution in [1.29, 1.82) is 0 Å². The van der Waals surface area contributed by atoms with E-state index in [0.29, 0.717) is 36.5 Å². The molecule has 1 aliphatic heterocycles. The second-order valence-electron chi connectivity index (χ2n) is 13.9. The van der Waals surface area contributed by atoms with Crippen LogP contribution in [0.15, 0.2) is 88.1 Å². The van der Waals surface area contributed by atoms with Crippen molar-refractivity contribution in [2.24, 2.45) is 22.1 Å². The molecule has 4 rings (SSSR count). The molecule has 2 heterocycles. The van der Waals surface area contributed by atoms with Crippen molar-refractivity contribution in [3.05, 3.63) is 95.3 Å². The van der Waals surface area contributed by atoms with Crippen molar-refractivity contribution in [3.63, 3.8) is 0 Å². The molecule has 2 aromatic carbocycles. The normalized spacial score (nSPS) is 16.4. The lowest BCUT2D eigenvalue weighted by atomic mass is 9.95. The monoisotopic (exact) mass is 749 g/mol. The Morgan fingerprint density at radius 2 is 1.72 bits per heavy atom. The number of carbonyl (C=O) groups is 2. The molecule has 0 saturated carbocycles. The molecule has 286 valence electrons. The van der Waals surface area contributed by atoms with Crippen molar-refractivity contribution in [2.75, 3.05) is 26.2 Å². The summed E-state index contributed by atoms with van der Waals surface area (Å²) in [4.78, 5) is 35.6. The number of amides is 3. The number of aromatic nitrogens is 1. The molecular weight excluding hydrogens is 699 g/mol. The first-order valence-corrected chi connectivity index (χ1v) is 19.2. The largest absolute Gasteiger partial charge is 0.411 e. The summed E-state index contributed by atoms with van der Waals surface area (Å²) in [5.74, 6) is -0.750. The number of oxime groups is 2. The molecule has 4 N–H and O–H groups in total. The molecule has 0 aliphatic carbocycles. The molecule has 0 bridgehead atoms. The number of nitrogens with one attached hydrogen (secondary N) is 1. The van der Waals surface area contributed by atoms with Crippen LogP contribution in [-0.4, -0.2) is 111 Å². The van der Waals surface area contributed by atoms with E-state index in [4.69, 9.17) is 5.21 Å². The van der Waals surface area contributed by atoms with Gasteiger partial charge in [-0.1, -0.05) is 86.9 Å². The van der Waals surface area contributed by atoms with E-state index in [1.807, 2.05) is 58.0 Å². The molecule has 1 saturated heterocycles. The molecule has 1 fully saturated rings. The summed E-state index contributed by atoms with van der Waals surface area (Å²) in [5.41, 5.74) is 2.96. The Morgan fingerprint density at radius 3 is 2.34 bits per heavy atom. The summed E-state index contributed by atoms with van der Waals surface area (Å²) in [5, 5.41) is 39.1. The number of sulfonamides is 1. The van der Waals surface area contributed by atoms with Gasteiger partial charge in [-0.2, -0.15) is 4.31 Å².